The molecule has 8 heteroatoms. The third kappa shape index (κ3) is 5.30. The van der Waals surface area contributed by atoms with E-state index in [4.69, 9.17) is 4.74 Å². The number of carbonyl (C=O) groups is 2. The number of carbonyl (C=O) groups excluding carboxylic acids is 2. The van der Waals surface area contributed by atoms with Crippen LogP contribution in [0.2, 0.25) is 0 Å². The molecule has 1 aliphatic rings. The Morgan fingerprint density at radius 3 is 2.53 bits per heavy atom. The van der Waals surface area contributed by atoms with E-state index in [9.17, 15) is 14.4 Å². The number of nitrogens with zero attached hydrogens (tertiary/aromatic N) is 2. The summed E-state index contributed by atoms with van der Waals surface area (Å²) in [7, 11) is 1.38. The minimum absolute atomic E-state index is 0.0102. The Morgan fingerprint density at radius 1 is 1.27 bits per heavy atom. The lowest BCUT2D eigenvalue weighted by atomic mass is 9.96. The summed E-state index contributed by atoms with van der Waals surface area (Å²) >= 11 is 1.48. The van der Waals surface area contributed by atoms with E-state index in [1.54, 1.807) is 11.8 Å². The van der Waals surface area contributed by atoms with Crippen molar-refractivity contribution in [3.05, 3.63) is 57.5 Å². The van der Waals surface area contributed by atoms with Crippen LogP contribution in [0.3, 0.4) is 0 Å². The number of methoxy groups -OCH3 is 1. The van der Waals surface area contributed by atoms with Crippen LogP contribution < -0.4 is 5.56 Å². The topological polar surface area (TPSA) is 92.4 Å². The smallest absolute Gasteiger partial charge is 0.308 e. The number of aryl methyl sites for hydroxylation is 1. The van der Waals surface area contributed by atoms with Crippen molar-refractivity contribution in [3.8, 4) is 0 Å². The van der Waals surface area contributed by atoms with Crippen molar-refractivity contribution in [2.75, 3.05) is 20.2 Å². The fourth-order valence-corrected chi connectivity index (χ4v) is 4.57. The van der Waals surface area contributed by atoms with Gasteiger partial charge in [0.25, 0.3) is 5.56 Å². The SMILES string of the molecule is COC(=O)C1CCN(C(=O)Cc2c(C)nc(S[C@@H](C)c3ccccc3)[nH]c2=O)CC1. The first kappa shape index (κ1) is 22.1. The molecular formula is C22H27N3O4S. The van der Waals surface area contributed by atoms with Crippen LogP contribution in [0.5, 0.6) is 0 Å². The van der Waals surface area contributed by atoms with Crippen LogP contribution in [0.15, 0.2) is 40.3 Å². The predicted molar refractivity (Wildman–Crippen MR) is 115 cm³/mol. The fraction of sp³-hybridized carbons (Fsp3) is 0.455. The minimum Gasteiger partial charge on any atom is -0.469 e. The number of aromatic nitrogens is 2. The number of thioether (sulfide) groups is 1. The maximum absolute atomic E-state index is 12.7. The first-order valence-electron chi connectivity index (χ1n) is 10.1. The molecule has 1 aromatic heterocycles. The molecule has 0 radical (unpaired) electrons. The second kappa shape index (κ2) is 9.93. The molecule has 0 bridgehead atoms. The molecule has 3 rings (SSSR count). The summed E-state index contributed by atoms with van der Waals surface area (Å²) in [5, 5.41) is 0.682. The van der Waals surface area contributed by atoms with E-state index < -0.39 is 0 Å². The van der Waals surface area contributed by atoms with E-state index in [0.29, 0.717) is 42.3 Å². The van der Waals surface area contributed by atoms with Gasteiger partial charge in [0.2, 0.25) is 5.91 Å². The van der Waals surface area contributed by atoms with E-state index in [1.165, 1.54) is 18.9 Å². The summed E-state index contributed by atoms with van der Waals surface area (Å²) in [5.41, 5.74) is 1.84. The van der Waals surface area contributed by atoms with Crippen LogP contribution in [-0.2, 0) is 20.7 Å². The van der Waals surface area contributed by atoms with Crippen molar-refractivity contribution < 1.29 is 14.3 Å². The highest BCUT2D eigenvalue weighted by Gasteiger charge is 2.28. The number of aromatic amines is 1. The molecule has 1 aromatic carbocycles. The predicted octanol–water partition coefficient (Wildman–Crippen LogP) is 2.89. The molecule has 1 N–H and O–H groups in total. The first-order chi connectivity index (χ1) is 14.4. The van der Waals surface area contributed by atoms with E-state index in [-0.39, 0.29) is 35.0 Å². The number of piperidine rings is 1. The summed E-state index contributed by atoms with van der Waals surface area (Å²) in [6, 6.07) is 10.0. The zero-order valence-corrected chi connectivity index (χ0v) is 18.3. The number of likely N-dealkylation sites (tertiary alicyclic amines) is 1. The van der Waals surface area contributed by atoms with Crippen molar-refractivity contribution in [1.82, 2.24) is 14.9 Å². The standard InChI is InChI=1S/C22H27N3O4S/c1-14-18(13-19(26)25-11-9-17(10-12-25)21(28)29-3)20(27)24-22(23-14)30-15(2)16-7-5-4-6-8-16/h4-8,15,17H,9-13H2,1-3H3,(H,23,24,27)/t15-/m0/s1. The second-order valence-corrected chi connectivity index (χ2v) is 8.79. The highest BCUT2D eigenvalue weighted by Crippen LogP contribution is 2.32. The van der Waals surface area contributed by atoms with Gasteiger partial charge in [-0.1, -0.05) is 42.1 Å². The Kier molecular flexibility index (Phi) is 7.31. The Morgan fingerprint density at radius 2 is 1.93 bits per heavy atom. The molecule has 0 saturated carbocycles. The molecule has 160 valence electrons. The molecule has 0 spiro atoms. The van der Waals surface area contributed by atoms with Crippen LogP contribution in [0.1, 0.15) is 41.8 Å². The average molecular weight is 430 g/mol. The summed E-state index contributed by atoms with van der Waals surface area (Å²) < 4.78 is 4.78. The highest BCUT2D eigenvalue weighted by atomic mass is 32.2. The van der Waals surface area contributed by atoms with Gasteiger partial charge in [0.15, 0.2) is 5.16 Å². The number of H-pyrrole nitrogens is 1. The maximum atomic E-state index is 12.7. The molecule has 7 nitrogen and oxygen atoms in total. The zero-order chi connectivity index (χ0) is 21.7. The van der Waals surface area contributed by atoms with Crippen molar-refractivity contribution in [2.45, 2.75) is 43.5 Å². The van der Waals surface area contributed by atoms with Crippen molar-refractivity contribution in [2.24, 2.45) is 5.92 Å². The Bertz CT molecular complexity index is 953. The quantitative estimate of drug-likeness (QED) is 0.431. The highest BCUT2D eigenvalue weighted by molar-refractivity contribution is 7.99. The molecule has 1 atom stereocenters. The van der Waals surface area contributed by atoms with E-state index in [0.717, 1.165) is 5.56 Å². The molecule has 1 aliphatic heterocycles. The van der Waals surface area contributed by atoms with Crippen LogP contribution in [0, 0.1) is 12.8 Å². The van der Waals surface area contributed by atoms with Gasteiger partial charge < -0.3 is 14.6 Å². The van der Waals surface area contributed by atoms with Gasteiger partial charge in [-0.05, 0) is 32.3 Å². The Hall–Kier alpha value is -2.61. The van der Waals surface area contributed by atoms with Gasteiger partial charge in [0, 0.05) is 29.6 Å². The Balaban J connectivity index is 1.64. The summed E-state index contributed by atoms with van der Waals surface area (Å²) in [5.74, 6) is -0.503. The number of ether oxygens (including phenoxy) is 1. The summed E-state index contributed by atoms with van der Waals surface area (Å²) in [6.45, 7) is 4.81. The van der Waals surface area contributed by atoms with Gasteiger partial charge in [-0.25, -0.2) is 4.98 Å². The number of rotatable bonds is 6. The third-order valence-electron chi connectivity index (χ3n) is 5.47. The number of hydrogen-bond acceptors (Lipinski definition) is 6. The Labute approximate surface area is 180 Å². The van der Waals surface area contributed by atoms with Gasteiger partial charge in [-0.15, -0.1) is 0 Å². The molecule has 0 aliphatic carbocycles. The summed E-state index contributed by atoms with van der Waals surface area (Å²) in [6.07, 6.45) is 1.17. The first-order valence-corrected chi connectivity index (χ1v) is 10.9. The average Bonchev–Trinajstić information content (AvgIpc) is 2.76. The normalized spacial score (nSPS) is 15.6. The molecule has 0 unspecified atom stereocenters. The monoisotopic (exact) mass is 429 g/mol. The van der Waals surface area contributed by atoms with Gasteiger partial charge >= 0.3 is 5.97 Å². The fourth-order valence-electron chi connectivity index (χ4n) is 3.60. The second-order valence-electron chi connectivity index (χ2n) is 7.46. The van der Waals surface area contributed by atoms with Crippen molar-refractivity contribution in [1.29, 1.82) is 0 Å². The third-order valence-corrected chi connectivity index (χ3v) is 6.51. The number of nitrogens with one attached hydrogen (secondary N) is 1. The maximum Gasteiger partial charge on any atom is 0.308 e. The minimum atomic E-state index is -0.275. The summed E-state index contributed by atoms with van der Waals surface area (Å²) in [4.78, 5) is 46.0. The van der Waals surface area contributed by atoms with E-state index in [2.05, 4.69) is 16.9 Å². The van der Waals surface area contributed by atoms with Gasteiger partial charge in [0.1, 0.15) is 0 Å². The number of hydrogen-bond donors (Lipinski definition) is 1. The van der Waals surface area contributed by atoms with Crippen molar-refractivity contribution in [3.63, 3.8) is 0 Å². The molecule has 30 heavy (non-hydrogen) atoms. The molecule has 1 amide bonds. The largest absolute Gasteiger partial charge is 0.469 e. The molecular weight excluding hydrogens is 402 g/mol. The van der Waals surface area contributed by atoms with Gasteiger partial charge in [-0.2, -0.15) is 0 Å². The van der Waals surface area contributed by atoms with Gasteiger partial charge in [-0.3, -0.25) is 14.4 Å². The van der Waals surface area contributed by atoms with E-state index in [1.807, 2.05) is 30.3 Å². The zero-order valence-electron chi connectivity index (χ0n) is 17.5. The lowest BCUT2D eigenvalue weighted by molar-refractivity contribution is -0.148. The van der Waals surface area contributed by atoms with Crippen LogP contribution in [0.25, 0.3) is 0 Å². The molecule has 1 saturated heterocycles. The molecule has 2 heterocycles. The number of esters is 1. The van der Waals surface area contributed by atoms with Crippen LogP contribution in [0.4, 0.5) is 0 Å². The lowest BCUT2D eigenvalue weighted by Crippen LogP contribution is -2.42. The number of amides is 1. The molecule has 1 fully saturated rings. The number of benzene rings is 1. The lowest BCUT2D eigenvalue weighted by Gasteiger charge is -2.30. The van der Waals surface area contributed by atoms with E-state index >= 15 is 0 Å². The van der Waals surface area contributed by atoms with Crippen LogP contribution in [-0.4, -0.2) is 46.9 Å². The molecule has 2 aromatic rings. The van der Waals surface area contributed by atoms with Crippen LogP contribution >= 0.6 is 11.8 Å². The van der Waals surface area contributed by atoms with Gasteiger partial charge in [0.05, 0.1) is 19.4 Å². The van der Waals surface area contributed by atoms with Crippen molar-refractivity contribution >= 4 is 23.6 Å².